The Morgan fingerprint density at radius 2 is 0.507 bits per heavy atom. The van der Waals surface area contributed by atoms with Crippen molar-refractivity contribution < 1.29 is 0 Å². The van der Waals surface area contributed by atoms with Gasteiger partial charge in [-0.25, -0.2) is 4.44 Å². The van der Waals surface area contributed by atoms with E-state index < -0.39 is 48.4 Å². The van der Waals surface area contributed by atoms with Gasteiger partial charge in [0.15, 0.2) is 0 Å². The molecule has 0 fully saturated rings. The number of nitrogens with zero attached hydrogens (tertiary/aromatic N) is 1. The minimum absolute atomic E-state index is 0.966. The Morgan fingerprint density at radius 1 is 0.280 bits per heavy atom. The van der Waals surface area contributed by atoms with Crippen molar-refractivity contribution in [1.29, 1.82) is 0 Å². The number of benzene rings is 5. The Kier molecular flexibility index (Phi) is 27.8. The average molecular weight is 1110 g/mol. The van der Waals surface area contributed by atoms with Gasteiger partial charge in [0.1, 0.15) is 0 Å². The third-order valence-corrected chi connectivity index (χ3v) is 46.6. The van der Waals surface area contributed by atoms with Crippen molar-refractivity contribution in [3.05, 3.63) is 133 Å². The van der Waals surface area contributed by atoms with Gasteiger partial charge in [0.25, 0.3) is 0 Å². The Hall–Kier alpha value is -2.21. The Labute approximate surface area is 470 Å². The fraction of sp³-hybridized carbons (Fsp3) is 0.559. The maximum Gasteiger partial charge on any atom is 0.0867 e. The van der Waals surface area contributed by atoms with Gasteiger partial charge >= 0.3 is 0 Å². The van der Waals surface area contributed by atoms with Crippen LogP contribution < -0.4 is 42.0 Å². The summed E-state index contributed by atoms with van der Waals surface area (Å²) in [6.45, 7) is 30.6. The van der Waals surface area contributed by atoms with Crippen LogP contribution in [0.5, 0.6) is 0 Å². The van der Waals surface area contributed by atoms with Gasteiger partial charge in [0.2, 0.25) is 0 Å². The average Bonchev–Trinajstić information content (AvgIpc) is 3.42. The lowest BCUT2D eigenvalue weighted by molar-refractivity contribution is 0.706. The first kappa shape index (κ1) is 63.6. The van der Waals surface area contributed by atoms with E-state index in [1.165, 1.54) is 155 Å². The summed E-state index contributed by atoms with van der Waals surface area (Å²) in [6, 6.07) is 70.9. The Bertz CT molecular complexity index is 2020. The molecule has 0 aliphatic rings. The number of hydrogen-bond donors (Lipinski definition) is 0. The van der Waals surface area contributed by atoms with Crippen molar-refractivity contribution in [2.75, 3.05) is 6.54 Å². The molecule has 0 saturated heterocycles. The van der Waals surface area contributed by atoms with E-state index in [0.717, 1.165) is 13.0 Å². The summed E-state index contributed by atoms with van der Waals surface area (Å²) in [5, 5.41) is 13.3. The minimum atomic E-state index is -1.78. The highest BCUT2D eigenvalue weighted by Crippen LogP contribution is 2.55. The third-order valence-electron chi connectivity index (χ3n) is 17.5. The molecular formula is C68H109NP2Si4. The standard InChI is InChI=1S/C68H109NP2Si4/c1-13-44-72(45-14-2,46-15-3)65-38-28-34-61(56-65)70(62-35-29-39-66(57-62)73(47-16-4,48-17-5)49-18-6)69(43-42-60-32-26-25-27-33-60)71(63-36-30-40-67(58-63)74(50-19-7,51-20-8)52-21-9)64-37-31-41-68(59-64)75(53-22-10,54-23-11)55-24-12/h25-41,56-59H,13-24,42-55H2,1-12H3. The van der Waals surface area contributed by atoms with Crippen molar-refractivity contribution in [3.63, 3.8) is 0 Å². The van der Waals surface area contributed by atoms with E-state index in [1.807, 2.05) is 0 Å². The molecule has 7 heteroatoms. The van der Waals surface area contributed by atoms with E-state index in [9.17, 15) is 0 Å². The molecule has 75 heavy (non-hydrogen) atoms. The quantitative estimate of drug-likeness (QED) is 0.0283. The molecule has 5 aromatic carbocycles. The van der Waals surface area contributed by atoms with Gasteiger partial charge in [-0.15, -0.1) is 0 Å². The van der Waals surface area contributed by atoms with E-state index in [0.29, 0.717) is 0 Å². The molecule has 0 aliphatic heterocycles. The van der Waals surface area contributed by atoms with Crippen molar-refractivity contribution in [2.24, 2.45) is 0 Å². The van der Waals surface area contributed by atoms with E-state index >= 15 is 0 Å². The molecule has 0 unspecified atom stereocenters. The van der Waals surface area contributed by atoms with E-state index in [1.54, 1.807) is 42.0 Å². The molecule has 1 nitrogen and oxygen atoms in total. The fourth-order valence-electron chi connectivity index (χ4n) is 14.8. The molecule has 0 saturated carbocycles. The van der Waals surface area contributed by atoms with Crippen LogP contribution >= 0.6 is 16.1 Å². The second kappa shape index (κ2) is 32.8. The number of hydrogen-bond acceptors (Lipinski definition) is 1. The van der Waals surface area contributed by atoms with Gasteiger partial charge in [-0.1, -0.05) is 381 Å². The monoisotopic (exact) mass is 1110 g/mol. The zero-order chi connectivity index (χ0) is 54.2. The van der Waals surface area contributed by atoms with Crippen LogP contribution in [0.3, 0.4) is 0 Å². The Morgan fingerprint density at radius 3 is 0.720 bits per heavy atom. The van der Waals surface area contributed by atoms with Crippen LogP contribution in [0.2, 0.25) is 72.5 Å². The summed E-state index contributed by atoms with van der Waals surface area (Å²) in [6.07, 6.45) is 16.4. The van der Waals surface area contributed by atoms with E-state index in [2.05, 4.69) is 215 Å². The highest BCUT2D eigenvalue weighted by molar-refractivity contribution is 7.84. The van der Waals surface area contributed by atoms with Gasteiger partial charge in [0.05, 0.1) is 32.3 Å². The molecular weight excluding hydrogens is 1010 g/mol. The first-order chi connectivity index (χ1) is 36.5. The molecule has 5 rings (SSSR count). The molecule has 0 bridgehead atoms. The fourth-order valence-corrected chi connectivity index (χ4v) is 43.1. The predicted octanol–water partition coefficient (Wildman–Crippen LogP) is 18.2. The molecule has 0 aliphatic carbocycles. The van der Waals surface area contributed by atoms with Crippen LogP contribution in [-0.4, -0.2) is 43.3 Å². The van der Waals surface area contributed by atoms with Crippen LogP contribution in [-0.2, 0) is 6.42 Å². The summed E-state index contributed by atoms with van der Waals surface area (Å²) in [5.41, 5.74) is 1.46. The first-order valence-corrected chi connectivity index (χ1v) is 44.5. The molecule has 0 atom stereocenters. The Balaban J connectivity index is 2.01. The highest BCUT2D eigenvalue weighted by Gasteiger charge is 2.40. The van der Waals surface area contributed by atoms with Gasteiger partial charge in [-0.3, -0.25) is 0 Å². The smallest absolute Gasteiger partial charge is 0.0867 e. The molecule has 0 amide bonds. The number of rotatable bonds is 37. The van der Waals surface area contributed by atoms with Crippen LogP contribution in [0.4, 0.5) is 0 Å². The summed E-state index contributed by atoms with van der Waals surface area (Å²) < 4.78 is 3.23. The van der Waals surface area contributed by atoms with Crippen molar-refractivity contribution >= 4 is 90.4 Å². The molecule has 0 aromatic heterocycles. The van der Waals surface area contributed by atoms with E-state index in [4.69, 9.17) is 0 Å². The molecule has 412 valence electrons. The largest absolute Gasteiger partial charge is 0.244 e. The van der Waals surface area contributed by atoms with Crippen molar-refractivity contribution in [1.82, 2.24) is 4.44 Å². The van der Waals surface area contributed by atoms with Crippen LogP contribution in [0.1, 0.15) is 166 Å². The van der Waals surface area contributed by atoms with Gasteiger partial charge < -0.3 is 0 Å². The SMILES string of the molecule is CCC[Si](CCC)(CCC)c1cccc(P(c2cccc([Si](CCC)(CCC)CCC)c2)N(CCc2ccccc2)P(c2cccc([Si](CCC)(CCC)CCC)c2)c2cccc([Si](CCC)(CCC)CCC)c2)c1. The molecule has 5 aromatic rings. The predicted molar refractivity (Wildman–Crippen MR) is 358 cm³/mol. The second-order valence-electron chi connectivity index (χ2n) is 23.3. The van der Waals surface area contributed by atoms with Crippen molar-refractivity contribution in [2.45, 2.75) is 239 Å². The molecule has 0 heterocycles. The summed E-state index contributed by atoms with van der Waals surface area (Å²) in [7, 11) is -9.03. The maximum atomic E-state index is 3.23. The maximum absolute atomic E-state index is 3.23. The van der Waals surface area contributed by atoms with Gasteiger partial charge in [0, 0.05) is 22.7 Å². The highest BCUT2D eigenvalue weighted by atomic mass is 31.2. The lowest BCUT2D eigenvalue weighted by Crippen LogP contribution is -2.50. The second-order valence-corrected chi connectivity index (χ2v) is 46.4. The lowest BCUT2D eigenvalue weighted by atomic mass is 10.2. The van der Waals surface area contributed by atoms with Gasteiger partial charge in [-0.05, 0) is 33.2 Å². The van der Waals surface area contributed by atoms with Crippen LogP contribution in [0, 0.1) is 0 Å². The summed E-state index contributed by atoms with van der Waals surface area (Å²) in [5.74, 6) is 0. The minimum Gasteiger partial charge on any atom is -0.244 e. The topological polar surface area (TPSA) is 3.24 Å². The summed E-state index contributed by atoms with van der Waals surface area (Å²) in [4.78, 5) is 0. The zero-order valence-corrected chi connectivity index (χ0v) is 56.1. The zero-order valence-electron chi connectivity index (χ0n) is 50.4. The van der Waals surface area contributed by atoms with Crippen molar-refractivity contribution in [3.8, 4) is 0 Å². The normalized spacial score (nSPS) is 12.7. The third kappa shape index (κ3) is 16.2. The molecule has 0 radical (unpaired) electrons. The van der Waals surface area contributed by atoms with Crippen LogP contribution in [0.15, 0.2) is 127 Å². The molecule has 0 N–H and O–H groups in total. The molecule has 0 spiro atoms. The van der Waals surface area contributed by atoms with Crippen LogP contribution in [0.25, 0.3) is 0 Å². The van der Waals surface area contributed by atoms with E-state index in [-0.39, 0.29) is 0 Å². The lowest BCUT2D eigenvalue weighted by Gasteiger charge is -2.42. The van der Waals surface area contributed by atoms with Gasteiger partial charge in [-0.2, -0.15) is 0 Å². The first-order valence-electron chi connectivity index (χ1n) is 31.4. The summed E-state index contributed by atoms with van der Waals surface area (Å²) >= 11 is 0.